The molecule has 2 aromatic rings. The van der Waals surface area contributed by atoms with Crippen molar-refractivity contribution >= 4 is 29.3 Å². The maximum absolute atomic E-state index is 12.9. The monoisotopic (exact) mass is 447 g/mol. The van der Waals surface area contributed by atoms with E-state index in [1.807, 2.05) is 0 Å². The molecule has 2 saturated carbocycles. The van der Waals surface area contributed by atoms with Crippen molar-refractivity contribution in [2.75, 3.05) is 11.9 Å². The second-order valence-corrected chi connectivity index (χ2v) is 9.57. The van der Waals surface area contributed by atoms with Crippen LogP contribution in [0.4, 0.5) is 5.69 Å². The Morgan fingerprint density at radius 3 is 2.55 bits per heavy atom. The van der Waals surface area contributed by atoms with Crippen molar-refractivity contribution in [1.82, 2.24) is 20.0 Å². The predicted octanol–water partition coefficient (Wildman–Crippen LogP) is 2.22. The number of amides is 4. The van der Waals surface area contributed by atoms with Crippen molar-refractivity contribution in [2.45, 2.75) is 56.5 Å². The molecule has 6 rings (SSSR count). The van der Waals surface area contributed by atoms with Gasteiger partial charge < -0.3 is 5.32 Å². The molecule has 0 bridgehead atoms. The molecular formula is C24H25N5O4. The summed E-state index contributed by atoms with van der Waals surface area (Å²) in [5.74, 6) is -0.753. The van der Waals surface area contributed by atoms with Gasteiger partial charge >= 0.3 is 0 Å². The number of carbonyl (C=O) groups excluding carboxylic acids is 4. The molecule has 9 nitrogen and oxygen atoms in total. The van der Waals surface area contributed by atoms with Crippen LogP contribution in [0.15, 0.2) is 30.5 Å². The van der Waals surface area contributed by atoms with Crippen LogP contribution in [0.3, 0.4) is 0 Å². The number of nitrogens with one attached hydrogen (secondary N) is 2. The van der Waals surface area contributed by atoms with Gasteiger partial charge in [-0.3, -0.25) is 34.1 Å². The van der Waals surface area contributed by atoms with Crippen LogP contribution in [0.2, 0.25) is 0 Å². The highest BCUT2D eigenvalue weighted by molar-refractivity contribution is 6.23. The zero-order chi connectivity index (χ0) is 22.7. The van der Waals surface area contributed by atoms with Gasteiger partial charge in [-0.1, -0.05) is 0 Å². The maximum atomic E-state index is 12.9. The summed E-state index contributed by atoms with van der Waals surface area (Å²) in [5, 5.41) is 10.3. The molecule has 9 heteroatoms. The minimum Gasteiger partial charge on any atom is -0.385 e. The maximum Gasteiger partial charge on any atom is 0.262 e. The van der Waals surface area contributed by atoms with E-state index >= 15 is 0 Å². The Labute approximate surface area is 190 Å². The Hall–Kier alpha value is -3.49. The van der Waals surface area contributed by atoms with E-state index in [1.54, 1.807) is 18.2 Å². The van der Waals surface area contributed by atoms with E-state index in [9.17, 15) is 19.2 Å². The van der Waals surface area contributed by atoms with E-state index in [0.29, 0.717) is 29.0 Å². The van der Waals surface area contributed by atoms with Crippen LogP contribution in [0.5, 0.6) is 0 Å². The third-order valence-corrected chi connectivity index (χ3v) is 7.24. The standard InChI is InChI=1S/C24H25N5O4/c30-21-6-5-20(22(31)26-21)29-23(32)17-4-3-15(11-18(17)24(29)33)25-12-13-9-16(10-13)28-8-7-19(27-28)14-1-2-14/h3-4,7-8,11,13-14,16,20,25H,1-2,5-6,9-10,12H2,(H,26,30,31)/t13-,16-,20?. The molecule has 0 radical (unpaired) electrons. The molecule has 1 unspecified atom stereocenters. The van der Waals surface area contributed by atoms with Gasteiger partial charge in [0.1, 0.15) is 6.04 Å². The third kappa shape index (κ3) is 3.51. The first-order valence-electron chi connectivity index (χ1n) is 11.6. The number of imide groups is 2. The average Bonchev–Trinajstić information content (AvgIpc) is 3.46. The highest BCUT2D eigenvalue weighted by Crippen LogP contribution is 2.41. The number of carbonyl (C=O) groups is 4. The van der Waals surface area contributed by atoms with Crippen LogP contribution in [0.25, 0.3) is 0 Å². The molecule has 2 aliphatic carbocycles. The van der Waals surface area contributed by atoms with E-state index in [-0.39, 0.29) is 18.7 Å². The second-order valence-electron chi connectivity index (χ2n) is 9.57. The van der Waals surface area contributed by atoms with Crippen LogP contribution < -0.4 is 10.6 Å². The number of hydrogen-bond donors (Lipinski definition) is 2. The van der Waals surface area contributed by atoms with Crippen molar-refractivity contribution in [2.24, 2.45) is 5.92 Å². The van der Waals surface area contributed by atoms with E-state index in [0.717, 1.165) is 30.0 Å². The molecule has 1 atom stereocenters. The summed E-state index contributed by atoms with van der Waals surface area (Å²) < 4.78 is 2.10. The van der Waals surface area contributed by atoms with Gasteiger partial charge in [-0.15, -0.1) is 0 Å². The highest BCUT2D eigenvalue weighted by Gasteiger charge is 2.44. The molecule has 4 amide bonds. The molecule has 3 heterocycles. The van der Waals surface area contributed by atoms with Gasteiger partial charge in [0.2, 0.25) is 11.8 Å². The van der Waals surface area contributed by atoms with Gasteiger partial charge in [-0.25, -0.2) is 0 Å². The predicted molar refractivity (Wildman–Crippen MR) is 118 cm³/mol. The van der Waals surface area contributed by atoms with Gasteiger partial charge in [-0.05, 0) is 62.3 Å². The van der Waals surface area contributed by atoms with Gasteiger partial charge in [0.15, 0.2) is 0 Å². The van der Waals surface area contributed by atoms with Gasteiger partial charge in [0.25, 0.3) is 11.8 Å². The number of aromatic nitrogens is 2. The first-order chi connectivity index (χ1) is 16.0. The van der Waals surface area contributed by atoms with Crippen LogP contribution in [0.1, 0.15) is 76.9 Å². The van der Waals surface area contributed by atoms with Crippen LogP contribution in [0, 0.1) is 5.92 Å². The topological polar surface area (TPSA) is 113 Å². The summed E-state index contributed by atoms with van der Waals surface area (Å²) in [5.41, 5.74) is 2.59. The fraction of sp³-hybridized carbons (Fsp3) is 0.458. The van der Waals surface area contributed by atoms with Crippen molar-refractivity contribution in [3.63, 3.8) is 0 Å². The SMILES string of the molecule is O=C1CCC(N2C(=O)c3ccc(NC[C@H]4C[C@H](n5ccc(C6CC6)n5)C4)cc3C2=O)C(=O)N1. The number of anilines is 1. The van der Waals surface area contributed by atoms with Crippen LogP contribution >= 0.6 is 0 Å². The van der Waals surface area contributed by atoms with Crippen molar-refractivity contribution < 1.29 is 19.2 Å². The van der Waals surface area contributed by atoms with Crippen molar-refractivity contribution in [1.29, 1.82) is 0 Å². The summed E-state index contributed by atoms with van der Waals surface area (Å²) in [6, 6.07) is 6.77. The molecule has 0 spiro atoms. The number of benzene rings is 1. The Morgan fingerprint density at radius 1 is 1.00 bits per heavy atom. The quantitative estimate of drug-likeness (QED) is 0.657. The molecule has 4 aliphatic rings. The van der Waals surface area contributed by atoms with E-state index in [1.165, 1.54) is 18.5 Å². The zero-order valence-corrected chi connectivity index (χ0v) is 18.1. The summed E-state index contributed by atoms with van der Waals surface area (Å²) in [4.78, 5) is 50.3. The second kappa shape index (κ2) is 7.54. The van der Waals surface area contributed by atoms with Gasteiger partial charge in [0, 0.05) is 30.8 Å². The average molecular weight is 447 g/mol. The lowest BCUT2D eigenvalue weighted by molar-refractivity contribution is -0.136. The Balaban J connectivity index is 1.07. The molecule has 170 valence electrons. The van der Waals surface area contributed by atoms with E-state index in [2.05, 4.69) is 27.6 Å². The Bertz CT molecular complexity index is 1180. The van der Waals surface area contributed by atoms with Crippen molar-refractivity contribution in [3.05, 3.63) is 47.3 Å². The minimum absolute atomic E-state index is 0.111. The van der Waals surface area contributed by atoms with Crippen LogP contribution in [-0.4, -0.2) is 50.9 Å². The molecule has 1 saturated heterocycles. The number of rotatable bonds is 6. The molecule has 2 aliphatic heterocycles. The van der Waals surface area contributed by atoms with E-state index in [4.69, 9.17) is 5.10 Å². The minimum atomic E-state index is -0.943. The molecule has 33 heavy (non-hydrogen) atoms. The fourth-order valence-corrected chi connectivity index (χ4v) is 5.08. The third-order valence-electron chi connectivity index (χ3n) is 7.24. The molecule has 3 fully saturated rings. The number of hydrogen-bond acceptors (Lipinski definition) is 6. The Kier molecular flexibility index (Phi) is 4.60. The zero-order valence-electron chi connectivity index (χ0n) is 18.1. The molecule has 1 aromatic carbocycles. The molecule has 1 aromatic heterocycles. The van der Waals surface area contributed by atoms with Gasteiger partial charge in [0.05, 0.1) is 22.9 Å². The largest absolute Gasteiger partial charge is 0.385 e. The lowest BCUT2D eigenvalue weighted by atomic mass is 9.80. The lowest BCUT2D eigenvalue weighted by Crippen LogP contribution is -2.54. The first-order valence-corrected chi connectivity index (χ1v) is 11.6. The number of nitrogens with zero attached hydrogens (tertiary/aromatic N) is 3. The number of fused-ring (bicyclic) bond motifs is 1. The smallest absolute Gasteiger partial charge is 0.262 e. The fourth-order valence-electron chi connectivity index (χ4n) is 5.08. The summed E-state index contributed by atoms with van der Waals surface area (Å²) in [7, 11) is 0. The normalized spacial score (nSPS) is 26.8. The Morgan fingerprint density at radius 2 is 1.79 bits per heavy atom. The van der Waals surface area contributed by atoms with Crippen LogP contribution in [-0.2, 0) is 9.59 Å². The van der Waals surface area contributed by atoms with Gasteiger partial charge in [-0.2, -0.15) is 5.10 Å². The summed E-state index contributed by atoms with van der Waals surface area (Å²) in [6.45, 7) is 0.783. The summed E-state index contributed by atoms with van der Waals surface area (Å²) in [6.07, 6.45) is 7.00. The highest BCUT2D eigenvalue weighted by atomic mass is 16.2. The molecular weight excluding hydrogens is 422 g/mol. The summed E-state index contributed by atoms with van der Waals surface area (Å²) >= 11 is 0. The van der Waals surface area contributed by atoms with E-state index < -0.39 is 23.8 Å². The van der Waals surface area contributed by atoms with Crippen molar-refractivity contribution in [3.8, 4) is 0 Å². The first kappa shape index (κ1) is 20.1. The molecule has 2 N–H and O–H groups in total. The lowest BCUT2D eigenvalue weighted by Gasteiger charge is -2.35. The number of piperidine rings is 1.